The van der Waals surface area contributed by atoms with E-state index in [1.165, 1.54) is 10.8 Å². The molecule has 0 aliphatic heterocycles. The van der Waals surface area contributed by atoms with Crippen LogP contribution < -0.4 is 16.9 Å². The summed E-state index contributed by atoms with van der Waals surface area (Å²) in [5.74, 6) is 0. The van der Waals surface area contributed by atoms with E-state index >= 15 is 0 Å². The Morgan fingerprint density at radius 1 is 1.24 bits per heavy atom. The van der Waals surface area contributed by atoms with Gasteiger partial charge in [0.25, 0.3) is 5.56 Å². The Hall–Kier alpha value is -2.56. The van der Waals surface area contributed by atoms with Crippen molar-refractivity contribution in [2.75, 3.05) is 0 Å². The number of hydrogen-bond donors (Lipinski definition) is 1. The second-order valence-electron chi connectivity index (χ2n) is 7.66. The number of fused-ring (bicyclic) bond motifs is 1. The number of thiophene rings is 1. The van der Waals surface area contributed by atoms with Crippen LogP contribution in [0.4, 0.5) is 13.2 Å². The lowest BCUT2D eigenvalue weighted by Crippen LogP contribution is -2.44. The number of nitrogens with zero attached hydrogens (tertiary/aromatic N) is 3. The number of hydrogen-bond acceptors (Lipinski definition) is 4. The van der Waals surface area contributed by atoms with Gasteiger partial charge in [-0.05, 0) is 32.3 Å². The van der Waals surface area contributed by atoms with Gasteiger partial charge in [0.05, 0.1) is 23.9 Å². The molecule has 4 rings (SSSR count). The average molecular weight is 428 g/mol. The molecule has 7 nitrogen and oxygen atoms in total. The third-order valence-electron chi connectivity index (χ3n) is 5.48. The van der Waals surface area contributed by atoms with Gasteiger partial charge in [-0.1, -0.05) is 0 Å². The molecule has 1 N–H and O–H groups in total. The standard InChI is InChI=1S/C18H19F3N4O3S/c1-10-11(9-23-8-6-22-15(23)27)29-14-12(10)13(26)25(17(2)3-4-17)16(28)24(14)7-5-18(19,20)21/h6,8H,3-5,7,9H2,1-2H3,(H,22,27). The molecule has 0 unspecified atom stereocenters. The smallest absolute Gasteiger partial charge is 0.313 e. The van der Waals surface area contributed by atoms with Crippen LogP contribution in [0.15, 0.2) is 26.8 Å². The van der Waals surface area contributed by atoms with Crippen molar-refractivity contribution in [3.63, 3.8) is 0 Å². The molecule has 1 aliphatic rings. The Kier molecular flexibility index (Phi) is 4.41. The lowest BCUT2D eigenvalue weighted by Gasteiger charge is -2.17. The number of aryl methyl sites for hydroxylation is 2. The summed E-state index contributed by atoms with van der Waals surface area (Å²) in [5, 5.41) is 0.253. The lowest BCUT2D eigenvalue weighted by atomic mass is 10.2. The van der Waals surface area contributed by atoms with E-state index in [-0.39, 0.29) is 22.5 Å². The summed E-state index contributed by atoms with van der Waals surface area (Å²) in [5.41, 5.74) is -1.59. The molecule has 0 bridgehead atoms. The number of H-pyrrole nitrogens is 1. The highest BCUT2D eigenvalue weighted by Crippen LogP contribution is 2.41. The molecule has 0 radical (unpaired) electrons. The molecule has 0 saturated heterocycles. The SMILES string of the molecule is Cc1c(Cn2cc[nH]c2=O)sc2c1c(=O)n(C1(C)CC1)c(=O)n2CCC(F)(F)F. The molecule has 0 aromatic carbocycles. The minimum Gasteiger partial charge on any atom is -0.313 e. The molecular weight excluding hydrogens is 409 g/mol. The third-order valence-corrected chi connectivity index (χ3v) is 6.78. The zero-order valence-electron chi connectivity index (χ0n) is 15.8. The van der Waals surface area contributed by atoms with Gasteiger partial charge >= 0.3 is 17.6 Å². The number of imidazole rings is 1. The van der Waals surface area contributed by atoms with Crippen molar-refractivity contribution in [1.82, 2.24) is 18.7 Å². The van der Waals surface area contributed by atoms with Gasteiger partial charge in [-0.15, -0.1) is 11.3 Å². The van der Waals surface area contributed by atoms with Gasteiger partial charge < -0.3 is 4.98 Å². The van der Waals surface area contributed by atoms with Gasteiger partial charge in [0, 0.05) is 23.8 Å². The van der Waals surface area contributed by atoms with E-state index in [1.54, 1.807) is 20.0 Å². The van der Waals surface area contributed by atoms with Crippen molar-refractivity contribution in [2.24, 2.45) is 0 Å². The molecule has 1 saturated carbocycles. The molecule has 1 fully saturated rings. The number of alkyl halides is 3. The fourth-order valence-electron chi connectivity index (χ4n) is 3.49. The summed E-state index contributed by atoms with van der Waals surface area (Å²) in [6.07, 6.45) is -1.31. The quantitative estimate of drug-likeness (QED) is 0.678. The second-order valence-corrected chi connectivity index (χ2v) is 8.74. The monoisotopic (exact) mass is 428 g/mol. The van der Waals surface area contributed by atoms with Crippen LogP contribution in [0.3, 0.4) is 0 Å². The Labute approximate surface area is 166 Å². The summed E-state index contributed by atoms with van der Waals surface area (Å²) < 4.78 is 42.1. The van der Waals surface area contributed by atoms with Crippen LogP contribution in [0, 0.1) is 6.92 Å². The van der Waals surface area contributed by atoms with Crippen molar-refractivity contribution >= 4 is 21.6 Å². The first-order valence-corrected chi connectivity index (χ1v) is 9.92. The third kappa shape index (κ3) is 3.37. The maximum absolute atomic E-state index is 13.2. The van der Waals surface area contributed by atoms with Gasteiger partial charge in [0.1, 0.15) is 4.83 Å². The fraction of sp³-hybridized carbons (Fsp3) is 0.500. The predicted octanol–water partition coefficient (Wildman–Crippen LogP) is 2.53. The average Bonchev–Trinajstić information content (AvgIpc) is 3.08. The molecule has 156 valence electrons. The number of aromatic nitrogens is 4. The minimum absolute atomic E-state index is 0.164. The molecule has 3 heterocycles. The van der Waals surface area contributed by atoms with Crippen LogP contribution in [0.25, 0.3) is 10.2 Å². The van der Waals surface area contributed by atoms with Crippen LogP contribution in [-0.2, 0) is 18.6 Å². The van der Waals surface area contributed by atoms with Crippen molar-refractivity contribution in [3.8, 4) is 0 Å². The summed E-state index contributed by atoms with van der Waals surface area (Å²) in [6.45, 7) is 3.07. The molecule has 0 amide bonds. The minimum atomic E-state index is -4.43. The van der Waals surface area contributed by atoms with Crippen LogP contribution in [0.2, 0.25) is 0 Å². The molecule has 3 aromatic heterocycles. The summed E-state index contributed by atoms with van der Waals surface area (Å²) in [7, 11) is 0. The van der Waals surface area contributed by atoms with Gasteiger partial charge in [0.2, 0.25) is 0 Å². The van der Waals surface area contributed by atoms with Gasteiger partial charge in [-0.3, -0.25) is 18.5 Å². The topological polar surface area (TPSA) is 81.8 Å². The molecular formula is C18H19F3N4O3S. The number of aromatic amines is 1. The number of nitrogens with one attached hydrogen (secondary N) is 1. The molecule has 11 heteroatoms. The van der Waals surface area contributed by atoms with Crippen molar-refractivity contribution in [2.45, 2.75) is 57.9 Å². The summed E-state index contributed by atoms with van der Waals surface area (Å²) in [4.78, 5) is 41.4. The Balaban J connectivity index is 1.95. The molecule has 29 heavy (non-hydrogen) atoms. The van der Waals surface area contributed by atoms with E-state index in [4.69, 9.17) is 0 Å². The number of rotatable bonds is 5. The highest BCUT2D eigenvalue weighted by Gasteiger charge is 2.43. The van der Waals surface area contributed by atoms with Crippen molar-refractivity contribution in [3.05, 3.63) is 54.2 Å². The van der Waals surface area contributed by atoms with Crippen LogP contribution in [0.5, 0.6) is 0 Å². The van der Waals surface area contributed by atoms with E-state index in [0.29, 0.717) is 23.3 Å². The predicted molar refractivity (Wildman–Crippen MR) is 103 cm³/mol. The zero-order valence-corrected chi connectivity index (χ0v) is 16.6. The molecule has 0 spiro atoms. The Morgan fingerprint density at radius 2 is 1.93 bits per heavy atom. The normalized spacial score (nSPS) is 15.9. The Bertz CT molecular complexity index is 1270. The van der Waals surface area contributed by atoms with Gasteiger partial charge in [-0.25, -0.2) is 9.59 Å². The highest BCUT2D eigenvalue weighted by atomic mass is 32.1. The molecule has 1 aliphatic carbocycles. The molecule has 3 aromatic rings. The van der Waals surface area contributed by atoms with E-state index < -0.39 is 35.9 Å². The first-order valence-electron chi connectivity index (χ1n) is 9.11. The lowest BCUT2D eigenvalue weighted by molar-refractivity contribution is -0.136. The zero-order chi connectivity index (χ0) is 21.1. The Morgan fingerprint density at radius 3 is 2.48 bits per heavy atom. The van der Waals surface area contributed by atoms with Crippen molar-refractivity contribution in [1.29, 1.82) is 0 Å². The molecule has 0 atom stereocenters. The second kappa shape index (κ2) is 6.48. The summed E-state index contributed by atoms with van der Waals surface area (Å²) >= 11 is 1.08. The van der Waals surface area contributed by atoms with E-state index in [0.717, 1.165) is 20.5 Å². The van der Waals surface area contributed by atoms with Crippen LogP contribution >= 0.6 is 11.3 Å². The van der Waals surface area contributed by atoms with Gasteiger partial charge in [-0.2, -0.15) is 13.2 Å². The maximum atomic E-state index is 13.2. The van der Waals surface area contributed by atoms with Crippen LogP contribution in [-0.4, -0.2) is 24.9 Å². The first-order chi connectivity index (χ1) is 13.5. The van der Waals surface area contributed by atoms with Gasteiger partial charge in [0.15, 0.2) is 0 Å². The summed E-state index contributed by atoms with van der Waals surface area (Å²) in [6, 6.07) is 0. The van der Waals surface area contributed by atoms with E-state index in [9.17, 15) is 27.6 Å². The first kappa shape index (κ1) is 19.7. The van der Waals surface area contributed by atoms with E-state index in [2.05, 4.69) is 4.98 Å². The fourth-order valence-corrected chi connectivity index (χ4v) is 4.80. The van der Waals surface area contributed by atoms with Crippen molar-refractivity contribution < 1.29 is 13.2 Å². The largest absolute Gasteiger partial charge is 0.390 e. The maximum Gasteiger partial charge on any atom is 0.390 e. The van der Waals surface area contributed by atoms with Crippen LogP contribution in [0.1, 0.15) is 36.6 Å². The van der Waals surface area contributed by atoms with E-state index in [1.807, 2.05) is 0 Å². The highest BCUT2D eigenvalue weighted by molar-refractivity contribution is 7.18. The number of halogens is 3.